The molecule has 0 saturated carbocycles. The number of methoxy groups -OCH3 is 1. The topological polar surface area (TPSA) is 102 Å². The van der Waals surface area contributed by atoms with E-state index in [4.69, 9.17) is 9.73 Å². The summed E-state index contributed by atoms with van der Waals surface area (Å²) in [6.45, 7) is 12.2. The number of carbonyl (C=O) groups excluding carboxylic acids is 2. The van der Waals surface area contributed by atoms with Crippen LogP contribution in [0.2, 0.25) is 0 Å². The third-order valence-corrected chi connectivity index (χ3v) is 6.79. The quantitative estimate of drug-likeness (QED) is 0.463. The summed E-state index contributed by atoms with van der Waals surface area (Å²) < 4.78 is 5.57. The van der Waals surface area contributed by atoms with Crippen molar-refractivity contribution in [3.05, 3.63) is 35.3 Å². The Balaban J connectivity index is 1.83. The fourth-order valence-electron chi connectivity index (χ4n) is 4.36. The number of amides is 2. The van der Waals surface area contributed by atoms with Crippen LogP contribution >= 0.6 is 0 Å². The van der Waals surface area contributed by atoms with E-state index in [1.54, 1.807) is 37.3 Å². The standard InChI is InChI=1S/C26H39N7O3/c1-17(2)33-15-12-23(34)32(6)18(3)24(33)30-26(27-4)29-21-9-8-19(16-22(21)36-7)25(35)28-20-10-13-31(5)14-11-20/h8-9,16-17,20H,4,10-15H2,1-3,5-7H3,(H,28,35)(H,29,30). The number of piperidine rings is 1. The van der Waals surface area contributed by atoms with Crippen LogP contribution in [-0.4, -0.2) is 92.1 Å². The van der Waals surface area contributed by atoms with Crippen LogP contribution in [0, 0.1) is 0 Å². The van der Waals surface area contributed by atoms with Gasteiger partial charge in [0, 0.05) is 37.7 Å². The molecule has 2 N–H and O–H groups in total. The number of guanidine groups is 1. The second kappa shape index (κ2) is 12.0. The minimum atomic E-state index is -0.121. The number of benzene rings is 1. The second-order valence-corrected chi connectivity index (χ2v) is 9.58. The maximum absolute atomic E-state index is 12.8. The lowest BCUT2D eigenvalue weighted by molar-refractivity contribution is -0.127. The van der Waals surface area contributed by atoms with Gasteiger partial charge in [0.2, 0.25) is 11.9 Å². The number of allylic oxidation sites excluding steroid dienone is 1. The first-order valence-electron chi connectivity index (χ1n) is 12.4. The van der Waals surface area contributed by atoms with Crippen LogP contribution in [0.4, 0.5) is 5.69 Å². The Morgan fingerprint density at radius 2 is 1.89 bits per heavy atom. The predicted molar refractivity (Wildman–Crippen MR) is 144 cm³/mol. The second-order valence-electron chi connectivity index (χ2n) is 9.58. The smallest absolute Gasteiger partial charge is 0.251 e. The fourth-order valence-corrected chi connectivity index (χ4v) is 4.36. The molecule has 2 heterocycles. The van der Waals surface area contributed by atoms with Gasteiger partial charge in [-0.05, 0) is 78.7 Å². The minimum Gasteiger partial charge on any atom is -0.495 e. The minimum absolute atomic E-state index is 0.0419. The van der Waals surface area contributed by atoms with Crippen molar-refractivity contribution in [2.75, 3.05) is 46.2 Å². The van der Waals surface area contributed by atoms with Crippen molar-refractivity contribution in [1.29, 1.82) is 0 Å². The number of nitrogens with one attached hydrogen (secondary N) is 2. The molecule has 0 aliphatic carbocycles. The van der Waals surface area contributed by atoms with Crippen LogP contribution in [0.5, 0.6) is 5.75 Å². The summed E-state index contributed by atoms with van der Waals surface area (Å²) in [5.74, 6) is 1.33. The number of rotatable bonds is 6. The Bertz CT molecular complexity index is 1040. The molecule has 196 valence electrons. The number of hydrogen-bond donors (Lipinski definition) is 2. The number of anilines is 1. The first kappa shape index (κ1) is 27.2. The molecule has 0 unspecified atom stereocenters. The molecule has 1 aromatic rings. The Labute approximate surface area is 214 Å². The molecule has 10 nitrogen and oxygen atoms in total. The van der Waals surface area contributed by atoms with E-state index in [1.807, 2.05) is 6.92 Å². The zero-order valence-corrected chi connectivity index (χ0v) is 22.3. The van der Waals surface area contributed by atoms with Crippen LogP contribution in [0.3, 0.4) is 0 Å². The molecule has 1 saturated heterocycles. The van der Waals surface area contributed by atoms with E-state index in [0.29, 0.717) is 35.8 Å². The van der Waals surface area contributed by atoms with Crippen LogP contribution in [0.1, 0.15) is 50.4 Å². The molecule has 1 aromatic carbocycles. The van der Waals surface area contributed by atoms with E-state index in [-0.39, 0.29) is 29.9 Å². The van der Waals surface area contributed by atoms with E-state index < -0.39 is 0 Å². The van der Waals surface area contributed by atoms with E-state index >= 15 is 0 Å². The van der Waals surface area contributed by atoms with Gasteiger partial charge < -0.3 is 30.1 Å². The summed E-state index contributed by atoms with van der Waals surface area (Å²) in [6, 6.07) is 5.54. The average Bonchev–Trinajstić information content (AvgIpc) is 2.97. The highest BCUT2D eigenvalue weighted by atomic mass is 16.5. The maximum atomic E-state index is 12.8. The molecule has 10 heteroatoms. The molecule has 0 atom stereocenters. The highest BCUT2D eigenvalue weighted by Gasteiger charge is 2.26. The predicted octanol–water partition coefficient (Wildman–Crippen LogP) is 2.75. The van der Waals surface area contributed by atoms with Crippen LogP contribution < -0.4 is 15.4 Å². The van der Waals surface area contributed by atoms with E-state index in [2.05, 4.69) is 53.0 Å². The number of carbonyl (C=O) groups is 2. The van der Waals surface area contributed by atoms with Crippen molar-refractivity contribution in [3.63, 3.8) is 0 Å². The number of ether oxygens (including phenoxy) is 1. The third kappa shape index (κ3) is 6.42. The highest BCUT2D eigenvalue weighted by Crippen LogP contribution is 2.27. The zero-order valence-electron chi connectivity index (χ0n) is 22.3. The first-order valence-corrected chi connectivity index (χ1v) is 12.4. The van der Waals surface area contributed by atoms with Crippen molar-refractivity contribution < 1.29 is 14.3 Å². The molecule has 2 aliphatic rings. The summed E-state index contributed by atoms with van der Waals surface area (Å²) in [5.41, 5.74) is 1.86. The Morgan fingerprint density at radius 3 is 2.50 bits per heavy atom. The summed E-state index contributed by atoms with van der Waals surface area (Å²) in [4.78, 5) is 40.1. The van der Waals surface area contributed by atoms with Crippen molar-refractivity contribution in [3.8, 4) is 5.75 Å². The lowest BCUT2D eigenvalue weighted by atomic mass is 10.0. The average molecular weight is 498 g/mol. The molecule has 0 radical (unpaired) electrons. The lowest BCUT2D eigenvalue weighted by Crippen LogP contribution is -2.43. The number of nitrogens with zero attached hydrogens (tertiary/aromatic N) is 5. The molecule has 0 aromatic heterocycles. The molecular formula is C26H39N7O3. The first-order chi connectivity index (χ1) is 17.1. The third-order valence-electron chi connectivity index (χ3n) is 6.79. The molecule has 1 fully saturated rings. The lowest BCUT2D eigenvalue weighted by Gasteiger charge is -2.29. The Morgan fingerprint density at radius 1 is 1.19 bits per heavy atom. The zero-order chi connectivity index (χ0) is 26.4. The summed E-state index contributed by atoms with van der Waals surface area (Å²) in [6.07, 6.45) is 2.28. The van der Waals surface area contributed by atoms with E-state index in [1.165, 1.54) is 0 Å². The Kier molecular flexibility index (Phi) is 9.08. The van der Waals surface area contributed by atoms with Gasteiger partial charge in [-0.3, -0.25) is 9.59 Å². The van der Waals surface area contributed by atoms with Crippen LogP contribution in [-0.2, 0) is 4.79 Å². The van der Waals surface area contributed by atoms with Gasteiger partial charge in [-0.1, -0.05) is 0 Å². The van der Waals surface area contributed by atoms with Gasteiger partial charge in [-0.2, -0.15) is 4.99 Å². The Hall–Kier alpha value is -3.40. The monoisotopic (exact) mass is 497 g/mol. The van der Waals surface area contributed by atoms with Crippen LogP contribution in [0.25, 0.3) is 0 Å². The molecule has 36 heavy (non-hydrogen) atoms. The highest BCUT2D eigenvalue weighted by molar-refractivity contribution is 6.00. The summed E-state index contributed by atoms with van der Waals surface area (Å²) >= 11 is 0. The molecule has 2 amide bonds. The number of likely N-dealkylation sites (tertiary alicyclic amines) is 1. The van der Waals surface area contributed by atoms with Crippen molar-refractivity contribution >= 4 is 30.2 Å². The van der Waals surface area contributed by atoms with E-state index in [9.17, 15) is 9.59 Å². The van der Waals surface area contributed by atoms with Crippen molar-refractivity contribution in [2.24, 2.45) is 9.98 Å². The van der Waals surface area contributed by atoms with Gasteiger partial charge in [0.25, 0.3) is 5.91 Å². The van der Waals surface area contributed by atoms with Gasteiger partial charge >= 0.3 is 0 Å². The van der Waals surface area contributed by atoms with Crippen molar-refractivity contribution in [1.82, 2.24) is 20.0 Å². The van der Waals surface area contributed by atoms with Crippen molar-refractivity contribution in [2.45, 2.75) is 52.1 Å². The molecule has 0 spiro atoms. The van der Waals surface area contributed by atoms with Gasteiger partial charge in [0.05, 0.1) is 18.5 Å². The number of hydrogen-bond acceptors (Lipinski definition) is 6. The molecule has 0 bridgehead atoms. The summed E-state index contributed by atoms with van der Waals surface area (Å²) in [5, 5.41) is 6.30. The van der Waals surface area contributed by atoms with Gasteiger partial charge in [0.1, 0.15) is 5.75 Å². The molecule has 2 aliphatic heterocycles. The SMILES string of the molecule is C=N/C(=N\C1=C(C)N(C)C(=O)CCN1C(C)C)Nc1ccc(C(=O)NC2CCN(C)CC2)cc1OC. The van der Waals surface area contributed by atoms with Gasteiger partial charge in [0.15, 0.2) is 5.82 Å². The molecular weight excluding hydrogens is 458 g/mol. The maximum Gasteiger partial charge on any atom is 0.251 e. The molecule has 3 rings (SSSR count). The normalized spacial score (nSPS) is 18.4. The largest absolute Gasteiger partial charge is 0.495 e. The van der Waals surface area contributed by atoms with Crippen LogP contribution in [0.15, 0.2) is 39.7 Å². The number of aliphatic imine (C=N–C) groups is 2. The van der Waals surface area contributed by atoms with Gasteiger partial charge in [-0.15, -0.1) is 0 Å². The van der Waals surface area contributed by atoms with Gasteiger partial charge in [-0.25, -0.2) is 4.99 Å². The fraction of sp³-hybridized carbons (Fsp3) is 0.538. The summed E-state index contributed by atoms with van der Waals surface area (Å²) in [7, 11) is 5.40. The van der Waals surface area contributed by atoms with E-state index in [0.717, 1.165) is 31.6 Å².